The number of nitrogens with one attached hydrogen (secondary N) is 1. The summed E-state index contributed by atoms with van der Waals surface area (Å²) in [4.78, 5) is 23.5. The number of ether oxygens (including phenoxy) is 1. The predicted octanol–water partition coefficient (Wildman–Crippen LogP) is 0.916. The lowest BCUT2D eigenvalue weighted by Crippen LogP contribution is -2.46. The van der Waals surface area contributed by atoms with Crippen molar-refractivity contribution in [1.82, 2.24) is 15.5 Å². The summed E-state index contributed by atoms with van der Waals surface area (Å²) in [5.41, 5.74) is 5.45. The zero-order chi connectivity index (χ0) is 15.1. The monoisotopic (exact) mass is 318 g/mol. The fourth-order valence-electron chi connectivity index (χ4n) is 1.42. The molecule has 0 bridgehead atoms. The van der Waals surface area contributed by atoms with Crippen molar-refractivity contribution in [3.05, 3.63) is 0 Å². The summed E-state index contributed by atoms with van der Waals surface area (Å²) in [6, 6.07) is -0.627. The Morgan fingerprint density at radius 3 is 2.70 bits per heavy atom. The molecule has 0 aliphatic carbocycles. The van der Waals surface area contributed by atoms with Crippen LogP contribution in [-0.2, 0) is 14.3 Å². The number of methoxy groups -OCH3 is 1. The summed E-state index contributed by atoms with van der Waals surface area (Å²) in [6.07, 6.45) is 0.764. The van der Waals surface area contributed by atoms with Crippen molar-refractivity contribution in [2.24, 2.45) is 5.92 Å². The van der Waals surface area contributed by atoms with Gasteiger partial charge >= 0.3 is 5.97 Å². The van der Waals surface area contributed by atoms with Crippen LogP contribution in [0.1, 0.15) is 20.3 Å². The Balaban J connectivity index is 2.51. The number of hydrogen-bond acceptors (Lipinski definition) is 8. The van der Waals surface area contributed by atoms with Crippen LogP contribution in [0.3, 0.4) is 0 Å². The lowest BCUT2D eigenvalue weighted by Gasteiger charge is -2.21. The maximum Gasteiger partial charge on any atom is 0.328 e. The molecule has 0 spiro atoms. The number of rotatable bonds is 7. The minimum atomic E-state index is -0.627. The van der Waals surface area contributed by atoms with Crippen LogP contribution in [0.5, 0.6) is 0 Å². The highest BCUT2D eigenvalue weighted by molar-refractivity contribution is 8.01. The number of esters is 1. The van der Waals surface area contributed by atoms with E-state index in [0.717, 1.165) is 6.42 Å². The first-order valence-electron chi connectivity index (χ1n) is 6.06. The number of nitrogen functional groups attached to an aromatic ring is 1. The number of nitrogens with two attached hydrogens (primary N) is 1. The number of anilines is 1. The smallest absolute Gasteiger partial charge is 0.328 e. The maximum atomic E-state index is 11.9. The van der Waals surface area contributed by atoms with Gasteiger partial charge in [-0.1, -0.05) is 43.4 Å². The zero-order valence-corrected chi connectivity index (χ0v) is 13.2. The molecule has 0 fully saturated rings. The van der Waals surface area contributed by atoms with E-state index in [0.29, 0.717) is 9.47 Å². The quantitative estimate of drug-likeness (QED) is 0.568. The number of amides is 1. The van der Waals surface area contributed by atoms with Gasteiger partial charge in [0.2, 0.25) is 11.0 Å². The van der Waals surface area contributed by atoms with E-state index in [2.05, 4.69) is 15.5 Å². The summed E-state index contributed by atoms with van der Waals surface area (Å²) in [5.74, 6) is -0.524. The summed E-state index contributed by atoms with van der Waals surface area (Å²) < 4.78 is 5.33. The molecule has 3 N–H and O–H groups in total. The fourth-order valence-corrected chi connectivity index (χ4v) is 2.86. The highest BCUT2D eigenvalue weighted by atomic mass is 32.2. The number of hydrogen-bond donors (Lipinski definition) is 2. The molecular weight excluding hydrogens is 300 g/mol. The second-order valence-corrected chi connectivity index (χ2v) is 6.38. The van der Waals surface area contributed by atoms with Gasteiger partial charge in [0.15, 0.2) is 4.34 Å². The van der Waals surface area contributed by atoms with Gasteiger partial charge in [0.05, 0.1) is 12.9 Å². The van der Waals surface area contributed by atoms with Gasteiger partial charge in [0.25, 0.3) is 0 Å². The van der Waals surface area contributed by atoms with Crippen LogP contribution in [0.25, 0.3) is 0 Å². The van der Waals surface area contributed by atoms with Gasteiger partial charge in [-0.15, -0.1) is 10.2 Å². The van der Waals surface area contributed by atoms with Crippen molar-refractivity contribution in [3.8, 4) is 0 Å². The van der Waals surface area contributed by atoms with E-state index in [-0.39, 0.29) is 17.6 Å². The number of nitrogens with zero attached hydrogens (tertiary/aromatic N) is 2. The average Bonchev–Trinajstić information content (AvgIpc) is 2.86. The molecule has 1 aromatic rings. The van der Waals surface area contributed by atoms with E-state index < -0.39 is 12.0 Å². The molecule has 20 heavy (non-hydrogen) atoms. The van der Waals surface area contributed by atoms with Crippen molar-refractivity contribution in [2.75, 3.05) is 18.6 Å². The minimum Gasteiger partial charge on any atom is -0.467 e. The van der Waals surface area contributed by atoms with Crippen LogP contribution in [0.4, 0.5) is 5.13 Å². The molecule has 112 valence electrons. The lowest BCUT2D eigenvalue weighted by atomic mass is 9.99. The van der Waals surface area contributed by atoms with Gasteiger partial charge in [-0.05, 0) is 5.92 Å². The topological polar surface area (TPSA) is 107 Å². The van der Waals surface area contributed by atoms with Crippen molar-refractivity contribution in [3.63, 3.8) is 0 Å². The molecule has 1 heterocycles. The molecule has 0 aliphatic rings. The van der Waals surface area contributed by atoms with Crippen molar-refractivity contribution >= 4 is 40.1 Å². The number of thioether (sulfide) groups is 1. The Labute approximate surface area is 125 Å². The van der Waals surface area contributed by atoms with E-state index >= 15 is 0 Å². The zero-order valence-electron chi connectivity index (χ0n) is 11.6. The molecule has 1 rings (SSSR count). The lowest BCUT2D eigenvalue weighted by molar-refractivity contribution is -0.146. The SMILES string of the molecule is CC[C@@H](C)[C@H](NC(=O)CSc1nnc(N)s1)C(=O)OC. The molecule has 2 atom stereocenters. The molecule has 0 saturated heterocycles. The molecule has 0 aromatic carbocycles. The van der Waals surface area contributed by atoms with Crippen LogP contribution < -0.4 is 11.1 Å². The summed E-state index contributed by atoms with van der Waals surface area (Å²) in [7, 11) is 1.31. The van der Waals surface area contributed by atoms with Crippen LogP contribution in [0, 0.1) is 5.92 Å². The van der Waals surface area contributed by atoms with E-state index in [9.17, 15) is 9.59 Å². The van der Waals surface area contributed by atoms with E-state index in [1.54, 1.807) is 0 Å². The first-order valence-corrected chi connectivity index (χ1v) is 7.87. The van der Waals surface area contributed by atoms with Gasteiger partial charge in [-0.25, -0.2) is 4.79 Å². The number of carbonyl (C=O) groups excluding carboxylic acids is 2. The first kappa shape index (κ1) is 16.7. The van der Waals surface area contributed by atoms with Crippen LogP contribution >= 0.6 is 23.1 Å². The maximum absolute atomic E-state index is 11.9. The van der Waals surface area contributed by atoms with E-state index in [1.807, 2.05) is 13.8 Å². The molecule has 9 heteroatoms. The summed E-state index contributed by atoms with van der Waals surface area (Å²) >= 11 is 2.45. The predicted molar refractivity (Wildman–Crippen MR) is 78.4 cm³/mol. The van der Waals surface area contributed by atoms with Gasteiger partial charge in [-0.2, -0.15) is 0 Å². The van der Waals surface area contributed by atoms with Gasteiger partial charge in [0, 0.05) is 0 Å². The standard InChI is InChI=1S/C11H18N4O3S2/c1-4-6(2)8(9(17)18-3)13-7(16)5-19-11-15-14-10(12)20-11/h6,8H,4-5H2,1-3H3,(H2,12,14)(H,13,16)/t6-,8+/m1/s1. The Morgan fingerprint density at radius 2 is 2.20 bits per heavy atom. The Kier molecular flexibility index (Phi) is 6.73. The second kappa shape index (κ2) is 8.05. The largest absolute Gasteiger partial charge is 0.467 e. The molecular formula is C11H18N4O3S2. The fraction of sp³-hybridized carbons (Fsp3) is 0.636. The first-order chi connectivity index (χ1) is 9.47. The molecule has 0 saturated carbocycles. The Bertz CT molecular complexity index is 466. The van der Waals surface area contributed by atoms with Crippen LogP contribution in [0.15, 0.2) is 4.34 Å². The Hall–Kier alpha value is -1.35. The normalized spacial score (nSPS) is 13.6. The third-order valence-electron chi connectivity index (χ3n) is 2.73. The average molecular weight is 318 g/mol. The molecule has 0 radical (unpaired) electrons. The van der Waals surface area contributed by atoms with E-state index in [4.69, 9.17) is 10.5 Å². The van der Waals surface area contributed by atoms with Gasteiger partial charge in [-0.3, -0.25) is 4.79 Å². The number of carbonyl (C=O) groups is 2. The van der Waals surface area contributed by atoms with Crippen molar-refractivity contribution in [1.29, 1.82) is 0 Å². The third-order valence-corrected chi connectivity index (χ3v) is 4.62. The summed E-state index contributed by atoms with van der Waals surface area (Å²) in [5, 5.41) is 10.5. The second-order valence-electron chi connectivity index (χ2n) is 4.15. The van der Waals surface area contributed by atoms with Crippen molar-refractivity contribution in [2.45, 2.75) is 30.6 Å². The Morgan fingerprint density at radius 1 is 1.50 bits per heavy atom. The summed E-state index contributed by atoms with van der Waals surface area (Å²) in [6.45, 7) is 3.84. The number of aromatic nitrogens is 2. The molecule has 0 unspecified atom stereocenters. The molecule has 7 nitrogen and oxygen atoms in total. The highest BCUT2D eigenvalue weighted by Crippen LogP contribution is 2.23. The molecule has 0 aliphatic heterocycles. The van der Waals surface area contributed by atoms with Crippen molar-refractivity contribution < 1.29 is 14.3 Å². The highest BCUT2D eigenvalue weighted by Gasteiger charge is 2.26. The minimum absolute atomic E-state index is 0.00794. The van der Waals surface area contributed by atoms with Crippen LogP contribution in [0.2, 0.25) is 0 Å². The molecule has 1 aromatic heterocycles. The molecule has 1 amide bonds. The van der Waals surface area contributed by atoms with Gasteiger partial charge in [0.1, 0.15) is 6.04 Å². The third kappa shape index (κ3) is 4.97. The van der Waals surface area contributed by atoms with Crippen LogP contribution in [-0.4, -0.2) is 41.0 Å². The van der Waals surface area contributed by atoms with E-state index in [1.165, 1.54) is 30.2 Å². The van der Waals surface area contributed by atoms with Gasteiger partial charge < -0.3 is 15.8 Å².